The number of amides is 2. The van der Waals surface area contributed by atoms with Gasteiger partial charge in [0.2, 0.25) is 5.91 Å². The summed E-state index contributed by atoms with van der Waals surface area (Å²) in [6, 6.07) is 12.4. The zero-order valence-electron chi connectivity index (χ0n) is 14.9. The van der Waals surface area contributed by atoms with Crippen molar-refractivity contribution in [3.05, 3.63) is 48.0 Å². The van der Waals surface area contributed by atoms with Gasteiger partial charge in [-0.3, -0.25) is 9.59 Å². The third kappa shape index (κ3) is 4.73. The molecule has 1 aromatic heterocycles. The van der Waals surface area contributed by atoms with E-state index in [0.717, 1.165) is 16.0 Å². The largest absolute Gasteiger partial charge is 0.497 e. The molecule has 0 radical (unpaired) electrons. The lowest BCUT2D eigenvalue weighted by Crippen LogP contribution is -2.27. The predicted molar refractivity (Wildman–Crippen MR) is 105 cm³/mol. The molecular formula is C19H19N3O4S. The number of hydrogen-bond acceptors (Lipinski definition) is 6. The van der Waals surface area contributed by atoms with Crippen molar-refractivity contribution in [2.75, 3.05) is 26.1 Å². The highest BCUT2D eigenvalue weighted by atomic mass is 32.1. The first-order valence-corrected chi connectivity index (χ1v) is 9.07. The molecule has 2 N–H and O–H groups in total. The summed E-state index contributed by atoms with van der Waals surface area (Å²) in [5.74, 6) is 0.873. The molecule has 0 bridgehead atoms. The van der Waals surface area contributed by atoms with Crippen molar-refractivity contribution in [3.63, 3.8) is 0 Å². The van der Waals surface area contributed by atoms with Gasteiger partial charge in [-0.25, -0.2) is 4.98 Å². The van der Waals surface area contributed by atoms with Crippen LogP contribution in [0.25, 0.3) is 10.2 Å². The number of carbonyl (C=O) groups is 2. The van der Waals surface area contributed by atoms with Crippen LogP contribution in [0.1, 0.15) is 16.8 Å². The lowest BCUT2D eigenvalue weighted by atomic mass is 10.2. The Hall–Kier alpha value is -3.13. The minimum absolute atomic E-state index is 0.148. The summed E-state index contributed by atoms with van der Waals surface area (Å²) < 4.78 is 11.2. The van der Waals surface area contributed by atoms with Crippen molar-refractivity contribution in [2.24, 2.45) is 0 Å². The summed E-state index contributed by atoms with van der Waals surface area (Å²) in [6.07, 6.45) is 0.148. The Bertz CT molecular complexity index is 970. The Labute approximate surface area is 160 Å². The highest BCUT2D eigenvalue weighted by molar-refractivity contribution is 7.22. The van der Waals surface area contributed by atoms with Crippen LogP contribution in [0.4, 0.5) is 5.13 Å². The zero-order valence-corrected chi connectivity index (χ0v) is 15.8. The van der Waals surface area contributed by atoms with Gasteiger partial charge in [0, 0.05) is 18.5 Å². The topological polar surface area (TPSA) is 89.5 Å². The number of nitrogens with one attached hydrogen (secondary N) is 2. The third-order valence-electron chi connectivity index (χ3n) is 3.81. The number of thiazole rings is 1. The van der Waals surface area contributed by atoms with E-state index in [1.165, 1.54) is 11.3 Å². The van der Waals surface area contributed by atoms with Crippen molar-refractivity contribution in [3.8, 4) is 11.5 Å². The van der Waals surface area contributed by atoms with E-state index in [1.54, 1.807) is 38.5 Å². The number of carbonyl (C=O) groups excluding carboxylic acids is 2. The molecule has 2 amide bonds. The van der Waals surface area contributed by atoms with E-state index >= 15 is 0 Å². The number of rotatable bonds is 7. The number of hydrogen-bond donors (Lipinski definition) is 2. The molecule has 0 fully saturated rings. The van der Waals surface area contributed by atoms with Gasteiger partial charge in [-0.15, -0.1) is 0 Å². The molecule has 2 aromatic carbocycles. The van der Waals surface area contributed by atoms with Crippen molar-refractivity contribution in [1.29, 1.82) is 0 Å². The number of ether oxygens (including phenoxy) is 2. The van der Waals surface area contributed by atoms with E-state index in [4.69, 9.17) is 9.47 Å². The minimum atomic E-state index is -0.256. The summed E-state index contributed by atoms with van der Waals surface area (Å²) in [5, 5.41) is 5.99. The van der Waals surface area contributed by atoms with Crippen molar-refractivity contribution in [1.82, 2.24) is 10.3 Å². The van der Waals surface area contributed by atoms with Crippen LogP contribution in [0, 0.1) is 0 Å². The van der Waals surface area contributed by atoms with E-state index in [1.807, 2.05) is 18.2 Å². The first-order valence-electron chi connectivity index (χ1n) is 8.25. The molecular weight excluding hydrogens is 366 g/mol. The van der Waals surface area contributed by atoms with E-state index in [9.17, 15) is 9.59 Å². The van der Waals surface area contributed by atoms with Crippen LogP contribution in [-0.4, -0.2) is 37.6 Å². The van der Waals surface area contributed by atoms with Gasteiger partial charge in [0.15, 0.2) is 5.13 Å². The van der Waals surface area contributed by atoms with Crippen LogP contribution in [-0.2, 0) is 4.79 Å². The smallest absolute Gasteiger partial charge is 0.251 e. The molecule has 0 unspecified atom stereocenters. The maximum absolute atomic E-state index is 12.1. The first kappa shape index (κ1) is 18.7. The number of benzene rings is 2. The van der Waals surface area contributed by atoms with Gasteiger partial charge in [-0.05, 0) is 36.4 Å². The van der Waals surface area contributed by atoms with Crippen LogP contribution in [0.2, 0.25) is 0 Å². The fraction of sp³-hybridized carbons (Fsp3) is 0.211. The molecule has 0 aliphatic carbocycles. The molecule has 3 aromatic rings. The Balaban J connectivity index is 1.51. The van der Waals surface area contributed by atoms with Gasteiger partial charge in [0.05, 0.1) is 24.4 Å². The maximum atomic E-state index is 12.1. The number of methoxy groups -OCH3 is 2. The Morgan fingerprint density at radius 1 is 1.07 bits per heavy atom. The standard InChI is InChI=1S/C19H19N3O4S/c1-25-13-5-3-4-12(10-13)18(24)20-9-8-17(23)22-19-21-15-7-6-14(26-2)11-16(15)27-19/h3-7,10-11H,8-9H2,1-2H3,(H,20,24)(H,21,22,23). The second kappa shape index (κ2) is 8.50. The summed E-state index contributed by atoms with van der Waals surface area (Å²) in [6.45, 7) is 0.223. The summed E-state index contributed by atoms with van der Waals surface area (Å²) in [7, 11) is 3.14. The molecule has 0 aliphatic heterocycles. The lowest BCUT2D eigenvalue weighted by molar-refractivity contribution is -0.116. The van der Waals surface area contributed by atoms with Crippen LogP contribution in [0.15, 0.2) is 42.5 Å². The SMILES string of the molecule is COc1cccc(C(=O)NCCC(=O)Nc2nc3ccc(OC)cc3s2)c1. The monoisotopic (exact) mass is 385 g/mol. The van der Waals surface area contributed by atoms with Crippen LogP contribution in [0.3, 0.4) is 0 Å². The van der Waals surface area contributed by atoms with Gasteiger partial charge < -0.3 is 20.1 Å². The minimum Gasteiger partial charge on any atom is -0.497 e. The normalized spacial score (nSPS) is 10.4. The quantitative estimate of drug-likeness (QED) is 0.652. The van der Waals surface area contributed by atoms with Gasteiger partial charge in [-0.2, -0.15) is 0 Å². The molecule has 0 aliphatic rings. The summed E-state index contributed by atoms with van der Waals surface area (Å²) in [4.78, 5) is 28.6. The van der Waals surface area contributed by atoms with Gasteiger partial charge in [-0.1, -0.05) is 17.4 Å². The zero-order chi connectivity index (χ0) is 19.2. The third-order valence-corrected chi connectivity index (χ3v) is 4.75. The number of nitrogens with zero attached hydrogens (tertiary/aromatic N) is 1. The molecule has 0 saturated carbocycles. The molecule has 140 valence electrons. The Morgan fingerprint density at radius 3 is 2.63 bits per heavy atom. The van der Waals surface area contributed by atoms with Crippen molar-refractivity contribution < 1.29 is 19.1 Å². The van der Waals surface area contributed by atoms with Crippen LogP contribution in [0.5, 0.6) is 11.5 Å². The highest BCUT2D eigenvalue weighted by Gasteiger charge is 2.10. The molecule has 7 nitrogen and oxygen atoms in total. The average molecular weight is 385 g/mol. The number of anilines is 1. The fourth-order valence-corrected chi connectivity index (χ4v) is 3.33. The van der Waals surface area contributed by atoms with Crippen molar-refractivity contribution in [2.45, 2.75) is 6.42 Å². The Kier molecular flexibility index (Phi) is 5.87. The molecule has 0 spiro atoms. The lowest BCUT2D eigenvalue weighted by Gasteiger charge is -2.06. The average Bonchev–Trinajstić information content (AvgIpc) is 3.08. The second-order valence-electron chi connectivity index (χ2n) is 5.64. The summed E-state index contributed by atoms with van der Waals surface area (Å²) >= 11 is 1.37. The van der Waals surface area contributed by atoms with E-state index < -0.39 is 0 Å². The molecule has 0 saturated heterocycles. The number of aromatic nitrogens is 1. The second-order valence-corrected chi connectivity index (χ2v) is 6.67. The van der Waals surface area contributed by atoms with E-state index in [0.29, 0.717) is 16.4 Å². The van der Waals surface area contributed by atoms with E-state index in [2.05, 4.69) is 15.6 Å². The van der Waals surface area contributed by atoms with Crippen molar-refractivity contribution >= 4 is 38.5 Å². The van der Waals surface area contributed by atoms with E-state index in [-0.39, 0.29) is 24.8 Å². The fourth-order valence-electron chi connectivity index (χ4n) is 2.42. The van der Waals surface area contributed by atoms with Crippen LogP contribution >= 0.6 is 11.3 Å². The molecule has 8 heteroatoms. The Morgan fingerprint density at radius 2 is 1.85 bits per heavy atom. The van der Waals surface area contributed by atoms with Gasteiger partial charge in [0.25, 0.3) is 5.91 Å². The van der Waals surface area contributed by atoms with Gasteiger partial charge in [0.1, 0.15) is 11.5 Å². The summed E-state index contributed by atoms with van der Waals surface area (Å²) in [5.41, 5.74) is 1.28. The number of fused-ring (bicyclic) bond motifs is 1. The van der Waals surface area contributed by atoms with Gasteiger partial charge >= 0.3 is 0 Å². The first-order chi connectivity index (χ1) is 13.1. The molecule has 3 rings (SSSR count). The molecule has 1 heterocycles. The van der Waals surface area contributed by atoms with Crippen LogP contribution < -0.4 is 20.1 Å². The predicted octanol–water partition coefficient (Wildman–Crippen LogP) is 3.07. The maximum Gasteiger partial charge on any atom is 0.251 e. The molecule has 0 atom stereocenters. The highest BCUT2D eigenvalue weighted by Crippen LogP contribution is 2.29. The molecule has 27 heavy (non-hydrogen) atoms.